The lowest BCUT2D eigenvalue weighted by Gasteiger charge is -2.24. The van der Waals surface area contributed by atoms with Gasteiger partial charge in [0.15, 0.2) is 9.84 Å². The lowest BCUT2D eigenvalue weighted by molar-refractivity contribution is 0.0748. The van der Waals surface area contributed by atoms with E-state index < -0.39 is 9.84 Å². The third-order valence-electron chi connectivity index (χ3n) is 5.40. The van der Waals surface area contributed by atoms with E-state index in [0.717, 1.165) is 16.7 Å². The topological polar surface area (TPSA) is 72.3 Å². The third-order valence-corrected chi connectivity index (χ3v) is 7.15. The minimum absolute atomic E-state index is 0.0412. The molecule has 1 aliphatic heterocycles. The van der Waals surface area contributed by atoms with Crippen molar-refractivity contribution in [3.63, 3.8) is 0 Å². The molecule has 1 amide bonds. The van der Waals surface area contributed by atoms with Crippen LogP contribution in [0.15, 0.2) is 67.0 Å². The van der Waals surface area contributed by atoms with Crippen LogP contribution in [-0.4, -0.2) is 53.6 Å². The number of hydrogen-bond acceptors (Lipinski definition) is 4. The van der Waals surface area contributed by atoms with Crippen molar-refractivity contribution >= 4 is 15.7 Å². The monoisotopic (exact) mass is 409 g/mol. The Morgan fingerprint density at radius 1 is 1.14 bits per heavy atom. The lowest BCUT2D eigenvalue weighted by atomic mass is 9.97. The molecule has 1 unspecified atom stereocenters. The van der Waals surface area contributed by atoms with Gasteiger partial charge in [0.05, 0.1) is 18.1 Å². The first-order chi connectivity index (χ1) is 13.9. The normalized spacial score (nSPS) is 17.9. The number of benzene rings is 2. The number of nitrogens with zero attached hydrogens (tertiary/aromatic N) is 3. The Morgan fingerprint density at radius 2 is 1.90 bits per heavy atom. The van der Waals surface area contributed by atoms with Gasteiger partial charge in [0.2, 0.25) is 0 Å². The van der Waals surface area contributed by atoms with Crippen molar-refractivity contribution in [1.82, 2.24) is 14.7 Å². The van der Waals surface area contributed by atoms with Gasteiger partial charge in [-0.1, -0.05) is 42.5 Å². The summed E-state index contributed by atoms with van der Waals surface area (Å²) >= 11 is 0. The van der Waals surface area contributed by atoms with Crippen LogP contribution in [0.4, 0.5) is 0 Å². The summed E-state index contributed by atoms with van der Waals surface area (Å²) in [7, 11) is -1.35. The van der Waals surface area contributed by atoms with E-state index in [1.54, 1.807) is 24.2 Å². The van der Waals surface area contributed by atoms with Crippen molar-refractivity contribution in [1.29, 1.82) is 0 Å². The summed E-state index contributed by atoms with van der Waals surface area (Å²) < 4.78 is 25.4. The second kappa shape index (κ2) is 7.83. The molecule has 3 aromatic rings. The average Bonchev–Trinajstić information content (AvgIpc) is 3.36. The maximum absolute atomic E-state index is 13.1. The highest BCUT2D eigenvalue weighted by atomic mass is 32.2. The first-order valence-corrected chi connectivity index (χ1v) is 11.4. The highest BCUT2D eigenvalue weighted by molar-refractivity contribution is 7.91. The van der Waals surface area contributed by atoms with Crippen LogP contribution in [0.25, 0.3) is 11.1 Å². The molecular weight excluding hydrogens is 386 g/mol. The van der Waals surface area contributed by atoms with Crippen molar-refractivity contribution in [2.24, 2.45) is 0 Å². The molecule has 1 fully saturated rings. The maximum Gasteiger partial charge on any atom is 0.254 e. The standard InChI is InChI=1S/C22H23N3O3S/c1-24(19-11-14-29(27,28)16-19)22(26)21-6-3-2-5-20(21)18-9-7-17(8-10-18)15-25-13-4-12-23-25/h2-10,12-13,19H,11,14-16H2,1H3. The van der Waals surface area contributed by atoms with E-state index in [2.05, 4.69) is 5.10 Å². The molecular formula is C22H23N3O3S. The Bertz CT molecular complexity index is 1110. The van der Waals surface area contributed by atoms with Crippen LogP contribution in [0, 0.1) is 0 Å². The molecule has 7 heteroatoms. The molecule has 6 nitrogen and oxygen atoms in total. The molecule has 1 aromatic heterocycles. The highest BCUT2D eigenvalue weighted by Crippen LogP contribution is 2.27. The molecule has 0 saturated carbocycles. The fraction of sp³-hybridized carbons (Fsp3) is 0.273. The van der Waals surface area contributed by atoms with Gasteiger partial charge in [-0.25, -0.2) is 8.42 Å². The van der Waals surface area contributed by atoms with E-state index in [1.165, 1.54) is 0 Å². The van der Waals surface area contributed by atoms with E-state index in [-0.39, 0.29) is 23.5 Å². The summed E-state index contributed by atoms with van der Waals surface area (Å²) in [6, 6.07) is 17.2. The molecule has 2 heterocycles. The predicted molar refractivity (Wildman–Crippen MR) is 112 cm³/mol. The van der Waals surface area contributed by atoms with Crippen molar-refractivity contribution in [2.45, 2.75) is 19.0 Å². The summed E-state index contributed by atoms with van der Waals surface area (Å²) in [5.74, 6) is 0.0390. The summed E-state index contributed by atoms with van der Waals surface area (Å²) in [5.41, 5.74) is 3.50. The Morgan fingerprint density at radius 3 is 2.55 bits per heavy atom. The quantitative estimate of drug-likeness (QED) is 0.650. The summed E-state index contributed by atoms with van der Waals surface area (Å²) in [4.78, 5) is 14.7. The average molecular weight is 410 g/mol. The van der Waals surface area contributed by atoms with Crippen LogP contribution in [0.2, 0.25) is 0 Å². The molecule has 0 aliphatic carbocycles. The number of rotatable bonds is 5. The minimum atomic E-state index is -3.05. The second-order valence-electron chi connectivity index (χ2n) is 7.42. The molecule has 29 heavy (non-hydrogen) atoms. The van der Waals surface area contributed by atoms with Gasteiger partial charge in [-0.3, -0.25) is 9.48 Å². The van der Waals surface area contributed by atoms with Crippen molar-refractivity contribution in [3.8, 4) is 11.1 Å². The Labute approximate surface area is 170 Å². The Balaban J connectivity index is 1.57. The first-order valence-electron chi connectivity index (χ1n) is 9.56. The molecule has 4 rings (SSSR count). The zero-order valence-electron chi connectivity index (χ0n) is 16.2. The van der Waals surface area contributed by atoms with E-state index in [1.807, 2.05) is 59.4 Å². The number of amides is 1. The van der Waals surface area contributed by atoms with Crippen LogP contribution in [-0.2, 0) is 16.4 Å². The number of sulfone groups is 1. The molecule has 1 atom stereocenters. The number of aromatic nitrogens is 2. The smallest absolute Gasteiger partial charge is 0.254 e. The lowest BCUT2D eigenvalue weighted by Crippen LogP contribution is -2.38. The van der Waals surface area contributed by atoms with Gasteiger partial charge < -0.3 is 4.90 Å². The summed E-state index contributed by atoms with van der Waals surface area (Å²) in [6.45, 7) is 0.687. The van der Waals surface area contributed by atoms with E-state index in [0.29, 0.717) is 18.5 Å². The maximum atomic E-state index is 13.1. The van der Waals surface area contributed by atoms with Gasteiger partial charge in [0.25, 0.3) is 5.91 Å². The first kappa shape index (κ1) is 19.4. The fourth-order valence-electron chi connectivity index (χ4n) is 3.73. The zero-order chi connectivity index (χ0) is 20.4. The van der Waals surface area contributed by atoms with Gasteiger partial charge in [0, 0.05) is 31.0 Å². The van der Waals surface area contributed by atoms with E-state index in [4.69, 9.17) is 0 Å². The van der Waals surface area contributed by atoms with Gasteiger partial charge in [-0.2, -0.15) is 5.10 Å². The Hall–Kier alpha value is -2.93. The van der Waals surface area contributed by atoms with Crippen molar-refractivity contribution in [2.75, 3.05) is 18.6 Å². The summed E-state index contributed by atoms with van der Waals surface area (Å²) in [5, 5.41) is 4.22. The highest BCUT2D eigenvalue weighted by Gasteiger charge is 2.33. The van der Waals surface area contributed by atoms with Gasteiger partial charge in [-0.15, -0.1) is 0 Å². The second-order valence-corrected chi connectivity index (χ2v) is 9.65. The molecule has 2 aromatic carbocycles. The SMILES string of the molecule is CN(C(=O)c1ccccc1-c1ccc(Cn2cccn2)cc1)C1CCS(=O)(=O)C1. The predicted octanol–water partition coefficient (Wildman–Crippen LogP) is 2.86. The molecule has 1 aliphatic rings. The molecule has 0 bridgehead atoms. The van der Waals surface area contributed by atoms with Crippen LogP contribution in [0.3, 0.4) is 0 Å². The van der Waals surface area contributed by atoms with Gasteiger partial charge >= 0.3 is 0 Å². The van der Waals surface area contributed by atoms with Gasteiger partial charge in [0.1, 0.15) is 0 Å². The van der Waals surface area contributed by atoms with Crippen molar-refractivity contribution < 1.29 is 13.2 Å². The largest absolute Gasteiger partial charge is 0.338 e. The van der Waals surface area contributed by atoms with Crippen molar-refractivity contribution in [3.05, 3.63) is 78.1 Å². The van der Waals surface area contributed by atoms with Crippen LogP contribution in [0.1, 0.15) is 22.3 Å². The Kier molecular flexibility index (Phi) is 5.24. The number of carbonyl (C=O) groups is 1. The van der Waals surface area contributed by atoms with Crippen LogP contribution >= 0.6 is 0 Å². The molecule has 1 saturated heterocycles. The fourth-order valence-corrected chi connectivity index (χ4v) is 5.50. The number of carbonyl (C=O) groups excluding carboxylic acids is 1. The van der Waals surface area contributed by atoms with Gasteiger partial charge in [-0.05, 0) is 35.2 Å². The van der Waals surface area contributed by atoms with E-state index >= 15 is 0 Å². The summed E-state index contributed by atoms with van der Waals surface area (Å²) in [6.07, 6.45) is 4.16. The van der Waals surface area contributed by atoms with Crippen LogP contribution < -0.4 is 0 Å². The minimum Gasteiger partial charge on any atom is -0.338 e. The van der Waals surface area contributed by atoms with Crippen LogP contribution in [0.5, 0.6) is 0 Å². The molecule has 0 N–H and O–H groups in total. The van der Waals surface area contributed by atoms with E-state index in [9.17, 15) is 13.2 Å². The molecule has 150 valence electrons. The third kappa shape index (κ3) is 4.24. The number of hydrogen-bond donors (Lipinski definition) is 0. The molecule has 0 radical (unpaired) electrons. The zero-order valence-corrected chi connectivity index (χ0v) is 17.0. The molecule has 0 spiro atoms.